The van der Waals surface area contributed by atoms with Gasteiger partial charge in [0.2, 0.25) is 0 Å². The Balaban J connectivity index is 1.40. The zero-order valence-corrected chi connectivity index (χ0v) is 25.8. The van der Waals surface area contributed by atoms with Crippen molar-refractivity contribution >= 4 is 44.7 Å². The average Bonchev–Trinajstić information content (AvgIpc) is 3.09. The Morgan fingerprint density at radius 3 is 2.88 bits per heavy atom. The number of carbonyl (C=O) groups excluding carboxylic acids is 1. The van der Waals surface area contributed by atoms with Gasteiger partial charge in [-0.25, -0.2) is 9.00 Å². The van der Waals surface area contributed by atoms with Crippen LogP contribution < -0.4 is 14.4 Å². The van der Waals surface area contributed by atoms with Crippen LogP contribution in [0.25, 0.3) is 0 Å². The Morgan fingerprint density at radius 1 is 1.23 bits per heavy atom. The lowest BCUT2D eigenvalue weighted by molar-refractivity contribution is -0.145. The molecule has 2 aliphatic heterocycles. The molecule has 1 saturated carbocycles. The van der Waals surface area contributed by atoms with E-state index in [0.717, 1.165) is 42.8 Å². The predicted octanol–water partition coefficient (Wildman–Crippen LogP) is 5.02. The molecule has 0 radical (unpaired) electrons. The first-order valence-electron chi connectivity index (χ1n) is 15.1. The fourth-order valence-corrected chi connectivity index (χ4v) is 8.61. The summed E-state index contributed by atoms with van der Waals surface area (Å²) in [6.45, 7) is 1.56. The molecule has 2 aromatic carbocycles. The van der Waals surface area contributed by atoms with Crippen molar-refractivity contribution in [3.63, 3.8) is 0 Å². The van der Waals surface area contributed by atoms with E-state index >= 15 is 0 Å². The zero-order valence-electron chi connectivity index (χ0n) is 24.3. The highest BCUT2D eigenvalue weighted by Gasteiger charge is 2.44. The van der Waals surface area contributed by atoms with Crippen molar-refractivity contribution in [1.29, 1.82) is 0 Å². The van der Waals surface area contributed by atoms with Crippen molar-refractivity contribution in [2.75, 3.05) is 37.0 Å². The number of hydrogen-bond donors (Lipinski definition) is 2. The number of carboxylic acid groups (broad SMARTS) is 1. The summed E-state index contributed by atoms with van der Waals surface area (Å²) in [6, 6.07) is 11.6. The maximum Gasteiger partial charge on any atom is 0.329 e. The third-order valence-corrected chi connectivity index (χ3v) is 11.2. The highest BCUT2D eigenvalue weighted by Crippen LogP contribution is 2.47. The van der Waals surface area contributed by atoms with Crippen LogP contribution in [0.5, 0.6) is 5.75 Å². The number of carboxylic acids is 1. The average molecular weight is 627 g/mol. The van der Waals surface area contributed by atoms with Gasteiger partial charge in [-0.05, 0) is 104 Å². The van der Waals surface area contributed by atoms with Crippen molar-refractivity contribution in [1.82, 2.24) is 4.72 Å². The number of nitrogens with one attached hydrogen (secondary N) is 1. The monoisotopic (exact) mass is 626 g/mol. The van der Waals surface area contributed by atoms with Crippen LogP contribution >= 0.6 is 11.6 Å². The first-order valence-corrected chi connectivity index (χ1v) is 17.4. The SMILES string of the molecule is C=S1(=O)CCC/C=C/[C@@H](OCC(=O)O)[C@@H]2CC[C@H]2CN2C[C@@]3(CCCc4cc(Cl)ccc43)COc3ccc(cc32)C(=O)N1. The highest BCUT2D eigenvalue weighted by atomic mass is 35.5. The van der Waals surface area contributed by atoms with E-state index in [-0.39, 0.29) is 35.7 Å². The summed E-state index contributed by atoms with van der Waals surface area (Å²) >= 11 is 6.40. The molecule has 2 heterocycles. The van der Waals surface area contributed by atoms with Crippen molar-refractivity contribution in [2.24, 2.45) is 11.8 Å². The lowest BCUT2D eigenvalue weighted by Crippen LogP contribution is -2.49. The Labute approximate surface area is 258 Å². The second-order valence-electron chi connectivity index (χ2n) is 12.5. The molecule has 2 bridgehead atoms. The number of amides is 1. The van der Waals surface area contributed by atoms with E-state index in [2.05, 4.69) is 27.6 Å². The lowest BCUT2D eigenvalue weighted by Gasteiger charge is -2.46. The molecule has 1 amide bonds. The maximum absolute atomic E-state index is 13.3. The number of halogens is 1. The van der Waals surface area contributed by atoms with Gasteiger partial charge in [-0.1, -0.05) is 29.8 Å². The van der Waals surface area contributed by atoms with Crippen molar-refractivity contribution in [2.45, 2.75) is 56.5 Å². The van der Waals surface area contributed by atoms with Gasteiger partial charge >= 0.3 is 5.97 Å². The molecule has 5 atom stereocenters. The minimum absolute atomic E-state index is 0.160. The van der Waals surface area contributed by atoms with Crippen LogP contribution in [0.1, 0.15) is 60.0 Å². The normalized spacial score (nSPS) is 31.4. The van der Waals surface area contributed by atoms with Crippen LogP contribution in [0.3, 0.4) is 0 Å². The van der Waals surface area contributed by atoms with Crippen LogP contribution in [0.4, 0.5) is 5.69 Å². The van der Waals surface area contributed by atoms with Crippen molar-refractivity contribution < 1.29 is 28.4 Å². The predicted molar refractivity (Wildman–Crippen MR) is 170 cm³/mol. The third kappa shape index (κ3) is 6.44. The van der Waals surface area contributed by atoms with Crippen LogP contribution in [0.15, 0.2) is 48.6 Å². The Morgan fingerprint density at radius 2 is 2.09 bits per heavy atom. The summed E-state index contributed by atoms with van der Waals surface area (Å²) in [6.07, 6.45) is 9.71. The lowest BCUT2D eigenvalue weighted by atomic mass is 9.68. The number of aliphatic carboxylic acids is 1. The smallest absolute Gasteiger partial charge is 0.329 e. The quantitative estimate of drug-likeness (QED) is 0.364. The Hall–Kier alpha value is -3.01. The van der Waals surface area contributed by atoms with Crippen LogP contribution in [0, 0.1) is 11.8 Å². The number of fused-ring (bicyclic) bond motifs is 4. The highest BCUT2D eigenvalue weighted by molar-refractivity contribution is 7.99. The summed E-state index contributed by atoms with van der Waals surface area (Å²) in [7, 11) is -2.85. The number of nitrogens with zero attached hydrogens (tertiary/aromatic N) is 1. The number of aryl methyl sites for hydroxylation is 1. The minimum Gasteiger partial charge on any atom is -0.490 e. The molecule has 1 spiro atoms. The zero-order chi connectivity index (χ0) is 30.2. The summed E-state index contributed by atoms with van der Waals surface area (Å²) in [5.41, 5.74) is 3.49. The molecule has 8 nitrogen and oxygen atoms in total. The van der Waals surface area contributed by atoms with Gasteiger partial charge in [0.25, 0.3) is 5.91 Å². The van der Waals surface area contributed by atoms with Crippen molar-refractivity contribution in [3.8, 4) is 5.75 Å². The van der Waals surface area contributed by atoms with E-state index in [4.69, 9.17) is 21.1 Å². The summed E-state index contributed by atoms with van der Waals surface area (Å²) < 4.78 is 28.3. The molecule has 4 aliphatic rings. The summed E-state index contributed by atoms with van der Waals surface area (Å²) in [4.78, 5) is 27.1. The molecule has 1 unspecified atom stereocenters. The van der Waals surface area contributed by atoms with Gasteiger partial charge < -0.3 is 19.5 Å². The molecule has 43 heavy (non-hydrogen) atoms. The second kappa shape index (κ2) is 12.2. The molecule has 2 N–H and O–H groups in total. The van der Waals surface area contributed by atoms with Gasteiger partial charge in [-0.2, -0.15) is 0 Å². The molecule has 2 aromatic rings. The fourth-order valence-electron chi connectivity index (χ4n) is 7.23. The largest absolute Gasteiger partial charge is 0.490 e. The number of hydrogen-bond acceptors (Lipinski definition) is 6. The van der Waals surface area contributed by atoms with Gasteiger partial charge in [-0.15, -0.1) is 0 Å². The molecule has 0 aromatic heterocycles. The van der Waals surface area contributed by atoms with Gasteiger partial charge in [0.15, 0.2) is 0 Å². The van der Waals surface area contributed by atoms with E-state index in [1.807, 2.05) is 30.4 Å². The Kier molecular flexibility index (Phi) is 8.50. The van der Waals surface area contributed by atoms with Crippen molar-refractivity contribution in [3.05, 3.63) is 70.3 Å². The topological polar surface area (TPSA) is 105 Å². The van der Waals surface area contributed by atoms with Gasteiger partial charge in [0.1, 0.15) is 12.4 Å². The third-order valence-electron chi connectivity index (χ3n) is 9.50. The number of allylic oxidation sites excluding steroid dienone is 1. The van der Waals surface area contributed by atoms with Crippen LogP contribution in [-0.2, 0) is 31.1 Å². The number of rotatable bonds is 3. The standard InChI is InChI=1S/C33H39ClN2O6S/c1-43(40)15-4-2-3-7-29(41-19-31(37)38)26-11-8-24(26)18-36-20-33(14-5-6-22-16-25(34)10-12-27(22)33)21-42-30-13-9-23(17-28(30)36)32(39)35-43/h3,7,9-10,12-13,16-17,24,26,29H,1-2,4-6,8,11,14-15,18-21H2,(H,37,38)(H,35,39,40)/b7-3+/t24-,26+,29+,33-,43?/m0/s1. The first-order chi connectivity index (χ1) is 20.6. The number of carbonyl (C=O) groups is 2. The van der Waals surface area contributed by atoms with E-state index in [1.165, 1.54) is 11.1 Å². The number of ether oxygens (including phenoxy) is 2. The molecule has 0 saturated heterocycles. The molecular formula is C33H39ClN2O6S. The number of anilines is 1. The molecule has 6 rings (SSSR count). The molecule has 2 aliphatic carbocycles. The van der Waals surface area contributed by atoms with Crippen LogP contribution in [-0.4, -0.2) is 65.2 Å². The molecule has 1 fully saturated rings. The second-order valence-corrected chi connectivity index (χ2v) is 15.1. The van der Waals surface area contributed by atoms with E-state index in [1.54, 1.807) is 6.07 Å². The van der Waals surface area contributed by atoms with Crippen LogP contribution in [0.2, 0.25) is 5.02 Å². The van der Waals surface area contributed by atoms with E-state index in [0.29, 0.717) is 43.9 Å². The summed E-state index contributed by atoms with van der Waals surface area (Å²) in [5.74, 6) is 3.79. The molecule has 230 valence electrons. The first kappa shape index (κ1) is 30.0. The maximum atomic E-state index is 13.3. The summed E-state index contributed by atoms with van der Waals surface area (Å²) in [5, 5.41) is 10.1. The van der Waals surface area contributed by atoms with Gasteiger partial charge in [-0.3, -0.25) is 9.52 Å². The minimum atomic E-state index is -2.85. The fraction of sp³-hybridized carbons (Fsp3) is 0.485. The molecular weight excluding hydrogens is 588 g/mol. The van der Waals surface area contributed by atoms with Gasteiger partial charge in [0, 0.05) is 44.6 Å². The molecule has 10 heteroatoms. The Bertz CT molecular complexity index is 1540. The number of benzene rings is 2. The van der Waals surface area contributed by atoms with Gasteiger partial charge in [0.05, 0.1) is 18.4 Å². The van der Waals surface area contributed by atoms with E-state index < -0.39 is 21.6 Å². The van der Waals surface area contributed by atoms with E-state index in [9.17, 15) is 18.9 Å².